The zero-order valence-corrected chi connectivity index (χ0v) is 12.0. The van der Waals surface area contributed by atoms with Crippen LogP contribution in [0.15, 0.2) is 18.2 Å². The van der Waals surface area contributed by atoms with E-state index >= 15 is 0 Å². The number of hydrogen-bond donors (Lipinski definition) is 1. The molecule has 1 atom stereocenters. The lowest BCUT2D eigenvalue weighted by Gasteiger charge is -2.18. The molecular weight excluding hydrogens is 264 g/mol. The van der Waals surface area contributed by atoms with E-state index in [4.69, 9.17) is 22.1 Å². The standard InChI is InChI=1S/C14H19ClN2O2/c1-9(16)12-7-10(15)3-6-13(12)19-8-14(18)17(2)11-4-5-11/h3,6-7,9,11H,4-5,8,16H2,1-2H3. The van der Waals surface area contributed by atoms with Crippen LogP contribution in [0, 0.1) is 0 Å². The van der Waals surface area contributed by atoms with Crippen molar-refractivity contribution in [3.05, 3.63) is 28.8 Å². The van der Waals surface area contributed by atoms with Gasteiger partial charge in [-0.3, -0.25) is 4.79 Å². The third-order valence-corrected chi connectivity index (χ3v) is 3.54. The van der Waals surface area contributed by atoms with Gasteiger partial charge in [0.05, 0.1) is 0 Å². The van der Waals surface area contributed by atoms with Crippen molar-refractivity contribution in [2.45, 2.75) is 31.8 Å². The number of hydrogen-bond acceptors (Lipinski definition) is 3. The Kier molecular flexibility index (Phi) is 4.32. The molecule has 0 spiro atoms. The fourth-order valence-corrected chi connectivity index (χ4v) is 2.09. The summed E-state index contributed by atoms with van der Waals surface area (Å²) in [5.41, 5.74) is 6.69. The molecular formula is C14H19ClN2O2. The molecule has 1 saturated carbocycles. The Bertz CT molecular complexity index is 473. The van der Waals surface area contributed by atoms with Gasteiger partial charge in [-0.15, -0.1) is 0 Å². The van der Waals surface area contributed by atoms with E-state index in [1.54, 1.807) is 23.1 Å². The first kappa shape index (κ1) is 14.2. The Hall–Kier alpha value is -1.26. The third kappa shape index (κ3) is 3.61. The molecule has 1 unspecified atom stereocenters. The predicted molar refractivity (Wildman–Crippen MR) is 75.3 cm³/mol. The lowest BCUT2D eigenvalue weighted by Crippen LogP contribution is -2.33. The van der Waals surface area contributed by atoms with E-state index in [9.17, 15) is 4.79 Å². The van der Waals surface area contributed by atoms with Crippen molar-refractivity contribution in [3.8, 4) is 5.75 Å². The Balaban J connectivity index is 2.00. The number of carbonyl (C=O) groups is 1. The maximum Gasteiger partial charge on any atom is 0.260 e. The first-order valence-corrected chi connectivity index (χ1v) is 6.80. The highest BCUT2D eigenvalue weighted by molar-refractivity contribution is 6.30. The maximum absolute atomic E-state index is 11.9. The summed E-state index contributed by atoms with van der Waals surface area (Å²) in [6.07, 6.45) is 2.18. The molecule has 0 heterocycles. The van der Waals surface area contributed by atoms with Crippen molar-refractivity contribution in [2.75, 3.05) is 13.7 Å². The number of nitrogens with zero attached hydrogens (tertiary/aromatic N) is 1. The molecule has 0 aliphatic heterocycles. The summed E-state index contributed by atoms with van der Waals surface area (Å²) in [6, 6.07) is 5.47. The van der Waals surface area contributed by atoms with E-state index in [0.717, 1.165) is 18.4 Å². The van der Waals surface area contributed by atoms with Gasteiger partial charge in [-0.1, -0.05) is 11.6 Å². The molecule has 1 aliphatic carbocycles. The molecule has 0 saturated heterocycles. The average molecular weight is 283 g/mol. The Morgan fingerprint density at radius 2 is 2.26 bits per heavy atom. The zero-order valence-electron chi connectivity index (χ0n) is 11.2. The summed E-state index contributed by atoms with van der Waals surface area (Å²) >= 11 is 5.94. The van der Waals surface area contributed by atoms with Crippen LogP contribution in [-0.2, 0) is 4.79 Å². The Labute approximate surface area is 118 Å². The highest BCUT2D eigenvalue weighted by atomic mass is 35.5. The van der Waals surface area contributed by atoms with Crippen LogP contribution in [-0.4, -0.2) is 30.5 Å². The summed E-state index contributed by atoms with van der Waals surface area (Å²) in [6.45, 7) is 1.89. The minimum Gasteiger partial charge on any atom is -0.483 e. The summed E-state index contributed by atoms with van der Waals surface area (Å²) in [4.78, 5) is 13.6. The number of carbonyl (C=O) groups excluding carboxylic acids is 1. The second kappa shape index (κ2) is 5.80. The average Bonchev–Trinajstić information content (AvgIpc) is 3.20. The monoisotopic (exact) mass is 282 g/mol. The normalized spacial score (nSPS) is 16.0. The molecule has 2 rings (SSSR count). The minimum absolute atomic E-state index is 0.00641. The zero-order chi connectivity index (χ0) is 14.0. The summed E-state index contributed by atoms with van der Waals surface area (Å²) < 4.78 is 5.58. The molecule has 1 aliphatic rings. The molecule has 5 heteroatoms. The SMILES string of the molecule is CC(N)c1cc(Cl)ccc1OCC(=O)N(C)C1CC1. The number of halogens is 1. The Morgan fingerprint density at radius 1 is 1.58 bits per heavy atom. The van der Waals surface area contributed by atoms with E-state index in [2.05, 4.69) is 0 Å². The molecule has 1 aromatic rings. The number of rotatable bonds is 5. The minimum atomic E-state index is -0.190. The number of nitrogens with two attached hydrogens (primary N) is 1. The third-order valence-electron chi connectivity index (χ3n) is 3.30. The lowest BCUT2D eigenvalue weighted by atomic mass is 10.1. The second-order valence-electron chi connectivity index (χ2n) is 5.00. The fraction of sp³-hybridized carbons (Fsp3) is 0.500. The molecule has 2 N–H and O–H groups in total. The van der Waals surface area contributed by atoms with E-state index in [1.165, 1.54) is 0 Å². The summed E-state index contributed by atoms with van der Waals surface area (Å²) in [5.74, 6) is 0.616. The maximum atomic E-state index is 11.9. The molecule has 0 bridgehead atoms. The van der Waals surface area contributed by atoms with Crippen LogP contribution in [0.25, 0.3) is 0 Å². The van der Waals surface area contributed by atoms with E-state index < -0.39 is 0 Å². The first-order valence-electron chi connectivity index (χ1n) is 6.42. The van der Waals surface area contributed by atoms with Gasteiger partial charge < -0.3 is 15.4 Å². The van der Waals surface area contributed by atoms with Gasteiger partial charge in [0, 0.05) is 29.7 Å². The highest BCUT2D eigenvalue weighted by Gasteiger charge is 2.29. The molecule has 0 aromatic heterocycles. The van der Waals surface area contributed by atoms with Crippen molar-refractivity contribution < 1.29 is 9.53 Å². The quantitative estimate of drug-likeness (QED) is 0.902. The van der Waals surface area contributed by atoms with Crippen molar-refractivity contribution >= 4 is 17.5 Å². The van der Waals surface area contributed by atoms with E-state index in [0.29, 0.717) is 16.8 Å². The van der Waals surface area contributed by atoms with Gasteiger partial charge >= 0.3 is 0 Å². The summed E-state index contributed by atoms with van der Waals surface area (Å²) in [5, 5.41) is 0.612. The van der Waals surface area contributed by atoms with Crippen LogP contribution < -0.4 is 10.5 Å². The van der Waals surface area contributed by atoms with Crippen molar-refractivity contribution in [1.29, 1.82) is 0 Å². The van der Waals surface area contributed by atoms with Gasteiger partial charge in [-0.25, -0.2) is 0 Å². The van der Waals surface area contributed by atoms with Crippen molar-refractivity contribution in [2.24, 2.45) is 5.73 Å². The molecule has 19 heavy (non-hydrogen) atoms. The lowest BCUT2D eigenvalue weighted by molar-refractivity contribution is -0.132. The molecule has 4 nitrogen and oxygen atoms in total. The molecule has 1 amide bonds. The number of ether oxygens (including phenoxy) is 1. The van der Waals surface area contributed by atoms with Gasteiger partial charge in [0.25, 0.3) is 5.91 Å². The van der Waals surface area contributed by atoms with Crippen LogP contribution in [0.4, 0.5) is 0 Å². The van der Waals surface area contributed by atoms with Crippen molar-refractivity contribution in [3.63, 3.8) is 0 Å². The van der Waals surface area contributed by atoms with Gasteiger partial charge in [-0.05, 0) is 38.0 Å². The van der Waals surface area contributed by atoms with Gasteiger partial charge in [0.2, 0.25) is 0 Å². The van der Waals surface area contributed by atoms with Crippen LogP contribution in [0.1, 0.15) is 31.4 Å². The molecule has 1 fully saturated rings. The second-order valence-corrected chi connectivity index (χ2v) is 5.43. The fourth-order valence-electron chi connectivity index (χ4n) is 1.91. The number of amides is 1. The highest BCUT2D eigenvalue weighted by Crippen LogP contribution is 2.28. The smallest absolute Gasteiger partial charge is 0.260 e. The van der Waals surface area contributed by atoms with Crippen LogP contribution in [0.3, 0.4) is 0 Å². The first-order chi connectivity index (χ1) is 8.99. The van der Waals surface area contributed by atoms with Gasteiger partial charge in [-0.2, -0.15) is 0 Å². The van der Waals surface area contributed by atoms with Crippen molar-refractivity contribution in [1.82, 2.24) is 4.90 Å². The predicted octanol–water partition coefficient (Wildman–Crippen LogP) is 2.36. The van der Waals surface area contributed by atoms with E-state index in [-0.39, 0.29) is 18.6 Å². The van der Waals surface area contributed by atoms with Crippen LogP contribution in [0.5, 0.6) is 5.75 Å². The topological polar surface area (TPSA) is 55.6 Å². The van der Waals surface area contributed by atoms with Crippen LogP contribution in [0.2, 0.25) is 5.02 Å². The molecule has 104 valence electrons. The number of benzene rings is 1. The summed E-state index contributed by atoms with van der Waals surface area (Å²) in [7, 11) is 1.82. The Morgan fingerprint density at radius 3 is 2.84 bits per heavy atom. The van der Waals surface area contributed by atoms with Gasteiger partial charge in [0.1, 0.15) is 5.75 Å². The van der Waals surface area contributed by atoms with E-state index in [1.807, 2.05) is 14.0 Å². The molecule has 0 radical (unpaired) electrons. The largest absolute Gasteiger partial charge is 0.483 e. The molecule has 1 aromatic carbocycles. The van der Waals surface area contributed by atoms with Crippen LogP contribution >= 0.6 is 11.6 Å². The van der Waals surface area contributed by atoms with Gasteiger partial charge in [0.15, 0.2) is 6.61 Å². The number of likely N-dealkylation sites (N-methyl/N-ethyl adjacent to an activating group) is 1.